The Labute approximate surface area is 152 Å². The second-order valence-electron chi connectivity index (χ2n) is 5.33. The first-order valence-corrected chi connectivity index (χ1v) is 9.37. The smallest absolute Gasteiger partial charge is 0.241 e. The van der Waals surface area contributed by atoms with Crippen LogP contribution < -0.4 is 4.72 Å². The van der Waals surface area contributed by atoms with Gasteiger partial charge in [-0.25, -0.2) is 8.42 Å². The van der Waals surface area contributed by atoms with Crippen LogP contribution >= 0.6 is 11.6 Å². The maximum absolute atomic E-state index is 12.7. The molecule has 0 fully saturated rings. The molecule has 0 spiro atoms. The molecule has 1 N–H and O–H groups in total. The van der Waals surface area contributed by atoms with E-state index in [1.54, 1.807) is 42.5 Å². The molecule has 2 rings (SSSR count). The molecule has 0 aromatic heterocycles. The Hall–Kier alpha value is -2.21. The minimum absolute atomic E-state index is 0.121. The van der Waals surface area contributed by atoms with E-state index in [0.717, 1.165) is 0 Å². The fraction of sp³-hybridized carbons (Fsp3) is 0.105. The number of ketones is 1. The Balaban J connectivity index is 2.52. The topological polar surface area (TPSA) is 63.2 Å². The summed E-state index contributed by atoms with van der Waals surface area (Å²) in [5, 5.41) is 0.519. The van der Waals surface area contributed by atoms with Gasteiger partial charge in [-0.2, -0.15) is 4.72 Å². The highest BCUT2D eigenvalue weighted by Gasteiger charge is 2.26. The van der Waals surface area contributed by atoms with Crippen LogP contribution in [0.5, 0.6) is 0 Å². The van der Waals surface area contributed by atoms with Crippen LogP contribution in [0.4, 0.5) is 0 Å². The largest absolute Gasteiger partial charge is 0.295 e. The number of allylic oxidation sites excluding steroid dienone is 2. The molecule has 2 aromatic carbocycles. The van der Waals surface area contributed by atoms with E-state index in [-0.39, 0.29) is 16.3 Å². The van der Waals surface area contributed by atoms with Gasteiger partial charge in [-0.15, -0.1) is 0 Å². The van der Waals surface area contributed by atoms with E-state index in [2.05, 4.69) is 11.3 Å². The fourth-order valence-electron chi connectivity index (χ4n) is 2.33. The number of carbonyl (C=O) groups is 1. The molecule has 0 aliphatic heterocycles. The molecule has 0 amide bonds. The molecule has 6 heteroatoms. The number of Topliss-reactive ketones (excluding diaryl/α,β-unsaturated/α-hetero) is 1. The summed E-state index contributed by atoms with van der Waals surface area (Å²) in [5.41, 5.74) is 0.893. The van der Waals surface area contributed by atoms with E-state index in [9.17, 15) is 13.2 Å². The standard InChI is InChI=1S/C19H18ClNO3S/c1-3-7-18(14(2)22)19(15-10-12-16(20)13-11-15)21-25(23,24)17-8-5-4-6-9-17/h3-13,19,21H,1H2,2H3/b18-7-. The molecule has 0 saturated heterocycles. The van der Waals surface area contributed by atoms with Gasteiger partial charge in [-0.1, -0.05) is 60.7 Å². The van der Waals surface area contributed by atoms with Gasteiger partial charge < -0.3 is 0 Å². The summed E-state index contributed by atoms with van der Waals surface area (Å²) in [4.78, 5) is 12.2. The number of sulfonamides is 1. The molecule has 25 heavy (non-hydrogen) atoms. The van der Waals surface area contributed by atoms with Gasteiger partial charge >= 0.3 is 0 Å². The average Bonchev–Trinajstić information content (AvgIpc) is 2.59. The molecule has 1 atom stereocenters. The zero-order valence-corrected chi connectivity index (χ0v) is 15.2. The average molecular weight is 376 g/mol. The third kappa shape index (κ3) is 4.89. The first-order valence-electron chi connectivity index (χ1n) is 7.51. The van der Waals surface area contributed by atoms with E-state index in [1.807, 2.05) is 0 Å². The summed E-state index contributed by atoms with van der Waals surface area (Å²) < 4.78 is 28.0. The van der Waals surface area contributed by atoms with E-state index < -0.39 is 16.1 Å². The maximum atomic E-state index is 12.7. The van der Waals surface area contributed by atoms with Gasteiger partial charge in [-0.05, 0) is 36.8 Å². The monoisotopic (exact) mass is 375 g/mol. The fourth-order valence-corrected chi connectivity index (χ4v) is 3.68. The zero-order chi connectivity index (χ0) is 18.4. The van der Waals surface area contributed by atoms with E-state index in [0.29, 0.717) is 10.6 Å². The first kappa shape index (κ1) is 19.1. The first-order chi connectivity index (χ1) is 11.8. The molecule has 0 heterocycles. The number of benzene rings is 2. The predicted molar refractivity (Wildman–Crippen MR) is 99.9 cm³/mol. The summed E-state index contributed by atoms with van der Waals surface area (Å²) in [6, 6.07) is 13.8. The molecule has 0 aliphatic rings. The number of carbonyl (C=O) groups excluding carboxylic acids is 1. The quantitative estimate of drug-likeness (QED) is 0.586. The molecular formula is C19H18ClNO3S. The Kier molecular flexibility index (Phi) is 6.31. The summed E-state index contributed by atoms with van der Waals surface area (Å²) in [6.45, 7) is 4.98. The van der Waals surface area contributed by atoms with Crippen LogP contribution in [0.2, 0.25) is 5.02 Å². The van der Waals surface area contributed by atoms with Crippen molar-refractivity contribution in [2.45, 2.75) is 17.9 Å². The van der Waals surface area contributed by atoms with Crippen LogP contribution in [0.3, 0.4) is 0 Å². The number of nitrogens with one attached hydrogen (secondary N) is 1. The molecule has 0 aliphatic carbocycles. The lowest BCUT2D eigenvalue weighted by Crippen LogP contribution is -2.31. The minimum Gasteiger partial charge on any atom is -0.295 e. The molecule has 0 bridgehead atoms. The van der Waals surface area contributed by atoms with Gasteiger partial charge in [-0.3, -0.25) is 4.79 Å². The molecule has 0 saturated carbocycles. The zero-order valence-electron chi connectivity index (χ0n) is 13.6. The maximum Gasteiger partial charge on any atom is 0.241 e. The van der Waals surface area contributed by atoms with Crippen molar-refractivity contribution in [3.63, 3.8) is 0 Å². The normalized spacial score (nSPS) is 13.3. The van der Waals surface area contributed by atoms with Gasteiger partial charge in [0, 0.05) is 10.6 Å². The summed E-state index contributed by atoms with van der Waals surface area (Å²) in [5.74, 6) is -0.254. The van der Waals surface area contributed by atoms with Crippen LogP contribution in [-0.2, 0) is 14.8 Å². The highest BCUT2D eigenvalue weighted by Crippen LogP contribution is 2.26. The van der Waals surface area contributed by atoms with Crippen molar-refractivity contribution in [2.24, 2.45) is 0 Å². The van der Waals surface area contributed by atoms with Crippen molar-refractivity contribution in [3.05, 3.63) is 89.5 Å². The summed E-state index contributed by atoms with van der Waals surface area (Å²) in [7, 11) is -3.82. The van der Waals surface area contributed by atoms with Crippen LogP contribution in [0, 0.1) is 0 Å². The highest BCUT2D eigenvalue weighted by molar-refractivity contribution is 7.89. The third-order valence-electron chi connectivity index (χ3n) is 3.54. The van der Waals surface area contributed by atoms with Crippen LogP contribution in [0.25, 0.3) is 0 Å². The van der Waals surface area contributed by atoms with E-state index >= 15 is 0 Å². The number of halogens is 1. The summed E-state index contributed by atoms with van der Waals surface area (Å²) in [6.07, 6.45) is 2.96. The second-order valence-corrected chi connectivity index (χ2v) is 7.48. The van der Waals surface area contributed by atoms with Crippen LogP contribution in [0.15, 0.2) is 83.8 Å². The third-order valence-corrected chi connectivity index (χ3v) is 5.24. The second kappa shape index (κ2) is 8.25. The van der Waals surface area contributed by atoms with Crippen molar-refractivity contribution in [2.75, 3.05) is 0 Å². The predicted octanol–water partition coefficient (Wildman–Crippen LogP) is 4.06. The Morgan fingerprint density at radius 3 is 2.24 bits per heavy atom. The molecule has 2 aromatic rings. The molecule has 130 valence electrons. The van der Waals surface area contributed by atoms with Crippen LogP contribution in [-0.4, -0.2) is 14.2 Å². The Morgan fingerprint density at radius 2 is 1.72 bits per heavy atom. The molecular weight excluding hydrogens is 358 g/mol. The highest BCUT2D eigenvalue weighted by atomic mass is 35.5. The molecule has 0 radical (unpaired) electrons. The molecule has 4 nitrogen and oxygen atoms in total. The van der Waals surface area contributed by atoms with Crippen LogP contribution in [0.1, 0.15) is 18.5 Å². The van der Waals surface area contributed by atoms with E-state index in [1.165, 1.54) is 31.2 Å². The minimum atomic E-state index is -3.82. The lowest BCUT2D eigenvalue weighted by atomic mass is 9.96. The van der Waals surface area contributed by atoms with Gasteiger partial charge in [0.05, 0.1) is 10.9 Å². The van der Waals surface area contributed by atoms with Gasteiger partial charge in [0.15, 0.2) is 5.78 Å². The number of hydrogen-bond acceptors (Lipinski definition) is 3. The van der Waals surface area contributed by atoms with Crippen molar-refractivity contribution in [3.8, 4) is 0 Å². The SMILES string of the molecule is C=C/C=C(/C(C)=O)C(NS(=O)(=O)c1ccccc1)c1ccc(Cl)cc1. The van der Waals surface area contributed by atoms with E-state index in [4.69, 9.17) is 11.6 Å². The van der Waals surface area contributed by atoms with Crippen molar-refractivity contribution >= 4 is 27.4 Å². The van der Waals surface area contributed by atoms with Crippen molar-refractivity contribution < 1.29 is 13.2 Å². The van der Waals surface area contributed by atoms with Gasteiger partial charge in [0.2, 0.25) is 10.0 Å². The van der Waals surface area contributed by atoms with Crippen molar-refractivity contribution in [1.29, 1.82) is 0 Å². The van der Waals surface area contributed by atoms with Gasteiger partial charge in [0.1, 0.15) is 0 Å². The lowest BCUT2D eigenvalue weighted by Gasteiger charge is -2.21. The van der Waals surface area contributed by atoms with Crippen molar-refractivity contribution in [1.82, 2.24) is 4.72 Å². The molecule has 1 unspecified atom stereocenters. The lowest BCUT2D eigenvalue weighted by molar-refractivity contribution is -0.113. The Bertz CT molecular complexity index is 888. The Morgan fingerprint density at radius 1 is 1.12 bits per heavy atom. The number of rotatable bonds is 7. The summed E-state index contributed by atoms with van der Waals surface area (Å²) >= 11 is 5.91. The van der Waals surface area contributed by atoms with Gasteiger partial charge in [0.25, 0.3) is 0 Å². The number of hydrogen-bond donors (Lipinski definition) is 1.